The number of ether oxygens (including phenoxy) is 1. The van der Waals surface area contributed by atoms with Crippen molar-refractivity contribution in [3.05, 3.63) is 59.7 Å². The van der Waals surface area contributed by atoms with Crippen LogP contribution >= 0.6 is 0 Å². The van der Waals surface area contributed by atoms with Crippen LogP contribution in [0.5, 0.6) is 5.75 Å². The number of halogens is 3. The lowest BCUT2D eigenvalue weighted by Gasteiger charge is -2.33. The molecule has 0 atom stereocenters. The summed E-state index contributed by atoms with van der Waals surface area (Å²) in [6, 6.07) is 13.1. The molecule has 2 aromatic carbocycles. The highest BCUT2D eigenvalue weighted by Crippen LogP contribution is 2.32. The van der Waals surface area contributed by atoms with E-state index in [9.17, 15) is 18.0 Å². The number of hydrogen-bond acceptors (Lipinski definition) is 3. The van der Waals surface area contributed by atoms with Crippen LogP contribution in [0.2, 0.25) is 0 Å². The molecule has 1 amide bonds. The van der Waals surface area contributed by atoms with E-state index in [2.05, 4.69) is 4.90 Å². The van der Waals surface area contributed by atoms with Crippen LogP contribution in [0.4, 0.5) is 18.9 Å². The van der Waals surface area contributed by atoms with Crippen molar-refractivity contribution in [1.29, 1.82) is 0 Å². The van der Waals surface area contributed by atoms with Crippen molar-refractivity contribution in [2.75, 3.05) is 31.1 Å². The van der Waals surface area contributed by atoms with Gasteiger partial charge in [0, 0.05) is 13.1 Å². The third kappa shape index (κ3) is 5.39. The number of rotatable bonds is 6. The summed E-state index contributed by atoms with van der Waals surface area (Å²) in [5.74, 6) is 1.39. The zero-order valence-corrected chi connectivity index (χ0v) is 17.4. The normalized spacial score (nSPS) is 18.0. The predicted molar refractivity (Wildman–Crippen MR) is 113 cm³/mol. The van der Waals surface area contributed by atoms with Crippen LogP contribution in [-0.2, 0) is 17.5 Å². The standard InChI is InChI=1S/C24H27F3N2O2/c25-24(26,27)20-9-7-19(8-10-20)16-28-14-11-18(12-15-28)4-3-13-29-21-5-1-2-6-22(21)31-17-23(29)30/h1-2,5-10,18H,3-4,11-17H2. The third-order valence-corrected chi connectivity index (χ3v) is 6.20. The van der Waals surface area contributed by atoms with Gasteiger partial charge in [-0.3, -0.25) is 9.69 Å². The second kappa shape index (κ2) is 9.30. The molecule has 7 heteroatoms. The lowest BCUT2D eigenvalue weighted by atomic mass is 9.91. The second-order valence-corrected chi connectivity index (χ2v) is 8.36. The minimum absolute atomic E-state index is 0.00469. The van der Waals surface area contributed by atoms with Crippen molar-refractivity contribution < 1.29 is 22.7 Å². The number of carbonyl (C=O) groups is 1. The molecule has 0 radical (unpaired) electrons. The second-order valence-electron chi connectivity index (χ2n) is 8.36. The number of fused-ring (bicyclic) bond motifs is 1. The summed E-state index contributed by atoms with van der Waals surface area (Å²) in [6.07, 6.45) is -0.113. The molecule has 0 unspecified atom stereocenters. The molecular weight excluding hydrogens is 405 g/mol. The molecule has 2 heterocycles. The predicted octanol–water partition coefficient (Wildman–Crippen LogP) is 5.12. The van der Waals surface area contributed by atoms with E-state index in [1.54, 1.807) is 12.1 Å². The van der Waals surface area contributed by atoms with Gasteiger partial charge in [-0.25, -0.2) is 0 Å². The Bertz CT molecular complexity index is 890. The number of anilines is 1. The maximum atomic E-state index is 12.7. The van der Waals surface area contributed by atoms with Gasteiger partial charge < -0.3 is 9.64 Å². The Balaban J connectivity index is 1.21. The lowest BCUT2D eigenvalue weighted by molar-refractivity contribution is -0.137. The number of likely N-dealkylation sites (tertiary alicyclic amines) is 1. The van der Waals surface area contributed by atoms with Crippen molar-refractivity contribution in [1.82, 2.24) is 4.90 Å². The molecule has 0 spiro atoms. The van der Waals surface area contributed by atoms with E-state index in [0.29, 0.717) is 19.0 Å². The molecule has 2 aliphatic heterocycles. The maximum Gasteiger partial charge on any atom is 0.416 e. The number of hydrogen-bond donors (Lipinski definition) is 0. The zero-order chi connectivity index (χ0) is 21.8. The average Bonchev–Trinajstić information content (AvgIpc) is 2.76. The molecule has 31 heavy (non-hydrogen) atoms. The van der Waals surface area contributed by atoms with Gasteiger partial charge in [-0.05, 0) is 74.5 Å². The van der Waals surface area contributed by atoms with Crippen LogP contribution in [0.15, 0.2) is 48.5 Å². The van der Waals surface area contributed by atoms with Gasteiger partial charge in [-0.15, -0.1) is 0 Å². The van der Waals surface area contributed by atoms with Gasteiger partial charge >= 0.3 is 6.18 Å². The molecular formula is C24H27F3N2O2. The molecule has 1 saturated heterocycles. The van der Waals surface area contributed by atoms with Crippen molar-refractivity contribution in [2.24, 2.45) is 5.92 Å². The van der Waals surface area contributed by atoms with Gasteiger partial charge in [0.05, 0.1) is 11.3 Å². The average molecular weight is 432 g/mol. The molecule has 0 bridgehead atoms. The molecule has 2 aromatic rings. The topological polar surface area (TPSA) is 32.8 Å². The van der Waals surface area contributed by atoms with Gasteiger partial charge in [0.2, 0.25) is 0 Å². The van der Waals surface area contributed by atoms with E-state index < -0.39 is 11.7 Å². The number of carbonyl (C=O) groups excluding carboxylic acids is 1. The molecule has 4 nitrogen and oxygen atoms in total. The quantitative estimate of drug-likeness (QED) is 0.635. The van der Waals surface area contributed by atoms with Crippen molar-refractivity contribution in [3.8, 4) is 5.75 Å². The van der Waals surface area contributed by atoms with Crippen LogP contribution in [0.25, 0.3) is 0 Å². The molecule has 4 rings (SSSR count). The monoisotopic (exact) mass is 432 g/mol. The van der Waals surface area contributed by atoms with E-state index in [1.807, 2.05) is 29.2 Å². The first-order valence-electron chi connectivity index (χ1n) is 10.8. The van der Waals surface area contributed by atoms with Crippen molar-refractivity contribution in [2.45, 2.75) is 38.4 Å². The third-order valence-electron chi connectivity index (χ3n) is 6.20. The Morgan fingerprint density at radius 2 is 1.71 bits per heavy atom. The first-order valence-corrected chi connectivity index (χ1v) is 10.8. The lowest BCUT2D eigenvalue weighted by Crippen LogP contribution is -2.39. The van der Waals surface area contributed by atoms with Gasteiger partial charge in [0.1, 0.15) is 5.75 Å². The maximum absolute atomic E-state index is 12.7. The summed E-state index contributed by atoms with van der Waals surface area (Å²) in [6.45, 7) is 3.38. The summed E-state index contributed by atoms with van der Waals surface area (Å²) in [4.78, 5) is 16.4. The van der Waals surface area contributed by atoms with Gasteiger partial charge in [0.15, 0.2) is 6.61 Å². The number of amides is 1. The van der Waals surface area contributed by atoms with Crippen LogP contribution in [0, 0.1) is 5.92 Å². The first-order chi connectivity index (χ1) is 14.9. The van der Waals surface area contributed by atoms with Crippen LogP contribution < -0.4 is 9.64 Å². The fourth-order valence-electron chi connectivity index (χ4n) is 4.43. The van der Waals surface area contributed by atoms with E-state index >= 15 is 0 Å². The summed E-state index contributed by atoms with van der Waals surface area (Å²) in [5, 5.41) is 0. The largest absolute Gasteiger partial charge is 0.482 e. The number of piperidine rings is 1. The van der Waals surface area contributed by atoms with E-state index in [0.717, 1.165) is 67.9 Å². The number of alkyl halides is 3. The number of benzene rings is 2. The van der Waals surface area contributed by atoms with E-state index in [1.165, 1.54) is 0 Å². The number of para-hydroxylation sites is 2. The van der Waals surface area contributed by atoms with E-state index in [-0.39, 0.29) is 12.5 Å². The minimum atomic E-state index is -4.29. The highest BCUT2D eigenvalue weighted by atomic mass is 19.4. The Labute approximate surface area is 180 Å². The van der Waals surface area contributed by atoms with Crippen molar-refractivity contribution in [3.63, 3.8) is 0 Å². The van der Waals surface area contributed by atoms with Gasteiger partial charge in [-0.2, -0.15) is 13.2 Å². The molecule has 0 saturated carbocycles. The van der Waals surface area contributed by atoms with Crippen LogP contribution in [-0.4, -0.2) is 37.0 Å². The van der Waals surface area contributed by atoms with Crippen LogP contribution in [0.1, 0.15) is 36.8 Å². The zero-order valence-electron chi connectivity index (χ0n) is 17.4. The highest BCUT2D eigenvalue weighted by Gasteiger charge is 2.30. The van der Waals surface area contributed by atoms with Gasteiger partial charge in [0.25, 0.3) is 5.91 Å². The summed E-state index contributed by atoms with van der Waals surface area (Å²) >= 11 is 0. The van der Waals surface area contributed by atoms with E-state index in [4.69, 9.17) is 4.74 Å². The SMILES string of the molecule is O=C1COc2ccccc2N1CCCC1CCN(Cc2ccc(C(F)(F)F)cc2)CC1. The summed E-state index contributed by atoms with van der Waals surface area (Å²) in [7, 11) is 0. The Kier molecular flexibility index (Phi) is 6.51. The minimum Gasteiger partial charge on any atom is -0.482 e. The Morgan fingerprint density at radius 3 is 2.42 bits per heavy atom. The summed E-state index contributed by atoms with van der Waals surface area (Å²) < 4.78 is 43.6. The summed E-state index contributed by atoms with van der Waals surface area (Å²) in [5.41, 5.74) is 1.16. The Hall–Kier alpha value is -2.54. The molecule has 0 aliphatic carbocycles. The molecule has 166 valence electrons. The van der Waals surface area contributed by atoms with Crippen molar-refractivity contribution >= 4 is 11.6 Å². The molecule has 0 N–H and O–H groups in total. The highest BCUT2D eigenvalue weighted by molar-refractivity contribution is 5.97. The molecule has 2 aliphatic rings. The fraction of sp³-hybridized carbons (Fsp3) is 0.458. The Morgan fingerprint density at radius 1 is 1.00 bits per heavy atom. The first kappa shape index (κ1) is 21.7. The smallest absolute Gasteiger partial charge is 0.416 e. The fourth-order valence-corrected chi connectivity index (χ4v) is 4.43. The van der Waals surface area contributed by atoms with Crippen LogP contribution in [0.3, 0.4) is 0 Å². The van der Waals surface area contributed by atoms with Gasteiger partial charge in [-0.1, -0.05) is 24.3 Å². The molecule has 1 fully saturated rings. The number of nitrogens with zero attached hydrogens (tertiary/aromatic N) is 2. The molecule has 0 aromatic heterocycles.